The van der Waals surface area contributed by atoms with Gasteiger partial charge in [-0.25, -0.2) is 4.98 Å². The predicted octanol–water partition coefficient (Wildman–Crippen LogP) is 3.51. The molecule has 0 fully saturated rings. The maximum Gasteiger partial charge on any atom is 0.340 e. The molecule has 124 valence electrons. The number of benzene rings is 2. The standard InChI is InChI=1S/C18H12N2O4S/c19-13-14-6-1-2-9-17(14)25(21,22)24-16-8-5-7-15(12-16)23-18-10-3-4-11-20-18/h1-12H. The number of nitriles is 1. The Morgan fingerprint density at radius 2 is 1.68 bits per heavy atom. The van der Waals surface area contributed by atoms with Crippen LogP contribution in [0.1, 0.15) is 5.56 Å². The van der Waals surface area contributed by atoms with Gasteiger partial charge in [-0.1, -0.05) is 24.3 Å². The third-order valence-corrected chi connectivity index (χ3v) is 4.45. The van der Waals surface area contributed by atoms with E-state index >= 15 is 0 Å². The van der Waals surface area contributed by atoms with Crippen LogP contribution in [0.25, 0.3) is 0 Å². The van der Waals surface area contributed by atoms with E-state index in [0.717, 1.165) is 0 Å². The summed E-state index contributed by atoms with van der Waals surface area (Å²) >= 11 is 0. The van der Waals surface area contributed by atoms with Gasteiger partial charge in [-0.3, -0.25) is 0 Å². The normalized spacial score (nSPS) is 10.7. The van der Waals surface area contributed by atoms with Crippen LogP contribution in [-0.4, -0.2) is 13.4 Å². The third-order valence-electron chi connectivity index (χ3n) is 3.15. The summed E-state index contributed by atoms with van der Waals surface area (Å²) in [6.45, 7) is 0. The van der Waals surface area contributed by atoms with Crippen LogP contribution in [0.2, 0.25) is 0 Å². The van der Waals surface area contributed by atoms with Crippen molar-refractivity contribution < 1.29 is 17.3 Å². The Bertz CT molecular complexity index is 1030. The first kappa shape index (κ1) is 16.5. The van der Waals surface area contributed by atoms with E-state index in [1.165, 1.54) is 30.3 Å². The molecular formula is C18H12N2O4S. The zero-order valence-electron chi connectivity index (χ0n) is 12.9. The number of pyridine rings is 1. The summed E-state index contributed by atoms with van der Waals surface area (Å²) in [7, 11) is -4.14. The highest BCUT2D eigenvalue weighted by atomic mass is 32.2. The van der Waals surface area contributed by atoms with Gasteiger partial charge in [0.2, 0.25) is 5.88 Å². The van der Waals surface area contributed by atoms with Crippen LogP contribution >= 0.6 is 0 Å². The maximum atomic E-state index is 12.4. The molecule has 0 aliphatic heterocycles. The summed E-state index contributed by atoms with van der Waals surface area (Å²) in [6.07, 6.45) is 1.58. The lowest BCUT2D eigenvalue weighted by Gasteiger charge is -2.10. The van der Waals surface area contributed by atoms with Crippen molar-refractivity contribution in [3.05, 3.63) is 78.5 Å². The van der Waals surface area contributed by atoms with Crippen LogP contribution in [0.5, 0.6) is 17.4 Å². The highest BCUT2D eigenvalue weighted by molar-refractivity contribution is 7.87. The third kappa shape index (κ3) is 3.94. The number of ether oxygens (including phenoxy) is 1. The molecule has 2 aromatic carbocycles. The Morgan fingerprint density at radius 1 is 0.920 bits per heavy atom. The maximum absolute atomic E-state index is 12.4. The van der Waals surface area contributed by atoms with Gasteiger partial charge in [0.15, 0.2) is 0 Å². The van der Waals surface area contributed by atoms with E-state index in [9.17, 15) is 8.42 Å². The van der Waals surface area contributed by atoms with Gasteiger partial charge >= 0.3 is 10.1 Å². The first-order valence-corrected chi connectivity index (χ1v) is 8.62. The van der Waals surface area contributed by atoms with E-state index in [-0.39, 0.29) is 16.2 Å². The van der Waals surface area contributed by atoms with E-state index in [0.29, 0.717) is 11.6 Å². The van der Waals surface area contributed by atoms with Crippen molar-refractivity contribution in [3.8, 4) is 23.4 Å². The first-order valence-electron chi connectivity index (χ1n) is 7.21. The summed E-state index contributed by atoms with van der Waals surface area (Å²) in [4.78, 5) is 3.84. The molecule has 0 saturated heterocycles. The minimum absolute atomic E-state index is 0.0170. The van der Waals surface area contributed by atoms with Crippen LogP contribution in [-0.2, 0) is 10.1 Å². The molecule has 0 aliphatic carbocycles. The molecule has 0 amide bonds. The average molecular weight is 352 g/mol. The molecule has 0 spiro atoms. The summed E-state index contributed by atoms with van der Waals surface area (Å²) in [6, 6.07) is 19.0. The van der Waals surface area contributed by atoms with Crippen LogP contribution in [0.15, 0.2) is 77.8 Å². The average Bonchev–Trinajstić information content (AvgIpc) is 2.62. The Balaban J connectivity index is 1.86. The van der Waals surface area contributed by atoms with Crippen molar-refractivity contribution in [1.82, 2.24) is 4.98 Å². The smallest absolute Gasteiger partial charge is 0.340 e. The summed E-state index contributed by atoms with van der Waals surface area (Å²) < 4.78 is 35.5. The van der Waals surface area contributed by atoms with E-state index in [4.69, 9.17) is 14.2 Å². The van der Waals surface area contributed by atoms with E-state index in [2.05, 4.69) is 4.98 Å². The lowest BCUT2D eigenvalue weighted by atomic mass is 10.2. The predicted molar refractivity (Wildman–Crippen MR) is 89.7 cm³/mol. The molecule has 0 radical (unpaired) electrons. The van der Waals surface area contributed by atoms with E-state index in [1.807, 2.05) is 6.07 Å². The molecule has 0 N–H and O–H groups in total. The number of nitrogens with zero attached hydrogens (tertiary/aromatic N) is 2. The van der Waals surface area contributed by atoms with Gasteiger partial charge in [-0.2, -0.15) is 13.7 Å². The zero-order chi connectivity index (χ0) is 17.7. The molecule has 0 aliphatic rings. The van der Waals surface area contributed by atoms with Crippen LogP contribution in [0.3, 0.4) is 0 Å². The summed E-state index contributed by atoms with van der Waals surface area (Å²) in [5.41, 5.74) is 0.0170. The van der Waals surface area contributed by atoms with Gasteiger partial charge in [0, 0.05) is 18.3 Å². The highest BCUT2D eigenvalue weighted by Crippen LogP contribution is 2.26. The Hall–Kier alpha value is -3.37. The minimum Gasteiger partial charge on any atom is -0.439 e. The molecule has 3 aromatic rings. The number of hydrogen-bond donors (Lipinski definition) is 0. The van der Waals surface area contributed by atoms with Gasteiger partial charge in [0.05, 0.1) is 5.56 Å². The number of rotatable bonds is 5. The largest absolute Gasteiger partial charge is 0.439 e. The van der Waals surface area contributed by atoms with Gasteiger partial charge < -0.3 is 8.92 Å². The molecule has 0 atom stereocenters. The molecule has 25 heavy (non-hydrogen) atoms. The Morgan fingerprint density at radius 3 is 2.44 bits per heavy atom. The lowest BCUT2D eigenvalue weighted by Crippen LogP contribution is -2.11. The summed E-state index contributed by atoms with van der Waals surface area (Å²) in [5.74, 6) is 0.818. The van der Waals surface area contributed by atoms with Gasteiger partial charge in [-0.05, 0) is 30.3 Å². The summed E-state index contributed by atoms with van der Waals surface area (Å²) in [5, 5.41) is 9.06. The second-order valence-corrected chi connectivity index (χ2v) is 6.41. The van der Waals surface area contributed by atoms with Gasteiger partial charge in [-0.15, -0.1) is 0 Å². The molecule has 1 heterocycles. The number of hydrogen-bond acceptors (Lipinski definition) is 6. The molecule has 1 aromatic heterocycles. The van der Waals surface area contributed by atoms with Crippen molar-refractivity contribution in [2.75, 3.05) is 0 Å². The quantitative estimate of drug-likeness (QED) is 0.653. The van der Waals surface area contributed by atoms with E-state index in [1.54, 1.807) is 42.6 Å². The first-order chi connectivity index (χ1) is 12.1. The van der Waals surface area contributed by atoms with Crippen molar-refractivity contribution in [2.24, 2.45) is 0 Å². The molecule has 0 bridgehead atoms. The molecular weight excluding hydrogens is 340 g/mol. The zero-order valence-corrected chi connectivity index (χ0v) is 13.7. The van der Waals surface area contributed by atoms with Gasteiger partial charge in [0.1, 0.15) is 22.5 Å². The van der Waals surface area contributed by atoms with Crippen LogP contribution < -0.4 is 8.92 Å². The molecule has 3 rings (SSSR count). The molecule has 6 nitrogen and oxygen atoms in total. The van der Waals surface area contributed by atoms with Crippen molar-refractivity contribution in [1.29, 1.82) is 5.26 Å². The minimum atomic E-state index is -4.14. The van der Waals surface area contributed by atoms with Crippen LogP contribution in [0.4, 0.5) is 0 Å². The fourth-order valence-corrected chi connectivity index (χ4v) is 3.14. The fraction of sp³-hybridized carbons (Fsp3) is 0. The van der Waals surface area contributed by atoms with Crippen LogP contribution in [0, 0.1) is 11.3 Å². The van der Waals surface area contributed by atoms with E-state index < -0.39 is 10.1 Å². The monoisotopic (exact) mass is 352 g/mol. The SMILES string of the molecule is N#Cc1ccccc1S(=O)(=O)Oc1cccc(Oc2ccccn2)c1. The molecule has 0 saturated carbocycles. The second-order valence-electron chi connectivity index (χ2n) is 4.89. The lowest BCUT2D eigenvalue weighted by molar-refractivity contribution is 0.455. The van der Waals surface area contributed by atoms with Crippen molar-refractivity contribution in [2.45, 2.75) is 4.90 Å². The molecule has 7 heteroatoms. The van der Waals surface area contributed by atoms with Gasteiger partial charge in [0.25, 0.3) is 0 Å². The van der Waals surface area contributed by atoms with Crippen molar-refractivity contribution >= 4 is 10.1 Å². The fourth-order valence-electron chi connectivity index (χ4n) is 2.07. The Labute approximate surface area is 145 Å². The molecule has 0 unspecified atom stereocenters. The second kappa shape index (κ2) is 7.03. The Kier molecular flexibility index (Phi) is 4.64. The number of aromatic nitrogens is 1. The topological polar surface area (TPSA) is 89.3 Å². The highest BCUT2D eigenvalue weighted by Gasteiger charge is 2.20. The van der Waals surface area contributed by atoms with Crippen molar-refractivity contribution in [3.63, 3.8) is 0 Å².